The van der Waals surface area contributed by atoms with Gasteiger partial charge in [-0.15, -0.1) is 0 Å². The maximum absolute atomic E-state index is 13.0. The van der Waals surface area contributed by atoms with E-state index in [2.05, 4.69) is 60.6 Å². The lowest BCUT2D eigenvalue weighted by Crippen LogP contribution is -2.46. The molecule has 0 spiro atoms. The molecule has 5 heteroatoms. The summed E-state index contributed by atoms with van der Waals surface area (Å²) in [4.78, 5) is 29.9. The number of amides is 2. The first-order valence-corrected chi connectivity index (χ1v) is 13.2. The predicted octanol–water partition coefficient (Wildman–Crippen LogP) is 5.42. The summed E-state index contributed by atoms with van der Waals surface area (Å²) in [6.07, 6.45) is 4.88. The van der Waals surface area contributed by atoms with E-state index >= 15 is 0 Å². The molecule has 0 radical (unpaired) electrons. The molecule has 2 aliphatic rings. The summed E-state index contributed by atoms with van der Waals surface area (Å²) in [5.74, 6) is 1.63. The van der Waals surface area contributed by atoms with E-state index < -0.39 is 0 Å². The monoisotopic (exact) mass is 470 g/mol. The standard InChI is InChI=1S/C29H46N2O3/c1-20-10-14-31(15-11-20)27(34)22-12-16-30(17-13-22)25(32)9-8-21-18-23(28(2,3)4)26(33)24(19-21)29(5,6)7/h18-20,22,33H,8-17H2,1-7H3. The van der Waals surface area contributed by atoms with E-state index in [1.165, 1.54) is 0 Å². The maximum atomic E-state index is 13.0. The van der Waals surface area contributed by atoms with Gasteiger partial charge in [-0.2, -0.15) is 0 Å². The average molecular weight is 471 g/mol. The molecule has 2 fully saturated rings. The topological polar surface area (TPSA) is 60.9 Å². The summed E-state index contributed by atoms with van der Waals surface area (Å²) >= 11 is 0. The fourth-order valence-corrected chi connectivity index (χ4v) is 5.25. The van der Waals surface area contributed by atoms with Crippen molar-refractivity contribution in [2.45, 2.75) is 97.8 Å². The number of nitrogens with zero attached hydrogens (tertiary/aromatic N) is 2. The van der Waals surface area contributed by atoms with Crippen molar-refractivity contribution in [3.63, 3.8) is 0 Å². The summed E-state index contributed by atoms with van der Waals surface area (Å²) < 4.78 is 0. The molecule has 34 heavy (non-hydrogen) atoms. The SMILES string of the molecule is CC1CCN(C(=O)C2CCN(C(=O)CCc3cc(C(C)(C)C)c(O)c(C(C)(C)C)c3)CC2)CC1. The van der Waals surface area contributed by atoms with Crippen molar-refractivity contribution in [1.82, 2.24) is 9.80 Å². The van der Waals surface area contributed by atoms with Crippen molar-refractivity contribution in [2.24, 2.45) is 11.8 Å². The zero-order valence-corrected chi connectivity index (χ0v) is 22.5. The fraction of sp³-hybridized carbons (Fsp3) is 0.724. The Balaban J connectivity index is 1.58. The van der Waals surface area contributed by atoms with E-state index in [0.717, 1.165) is 61.4 Å². The Morgan fingerprint density at radius 1 is 0.853 bits per heavy atom. The number of likely N-dealkylation sites (tertiary alicyclic amines) is 2. The molecule has 2 aliphatic heterocycles. The third-order valence-electron chi connectivity index (χ3n) is 7.71. The Morgan fingerprint density at radius 3 is 1.79 bits per heavy atom. The van der Waals surface area contributed by atoms with E-state index in [1.807, 2.05) is 9.80 Å². The molecule has 2 amide bonds. The number of phenols is 1. The van der Waals surface area contributed by atoms with Gasteiger partial charge < -0.3 is 14.9 Å². The Labute approximate surface area is 206 Å². The molecule has 0 aliphatic carbocycles. The molecule has 1 N–H and O–H groups in total. The second-order valence-electron chi connectivity index (χ2n) is 12.7. The Morgan fingerprint density at radius 2 is 1.32 bits per heavy atom. The summed E-state index contributed by atoms with van der Waals surface area (Å²) in [6, 6.07) is 4.14. The smallest absolute Gasteiger partial charge is 0.225 e. The first-order valence-electron chi connectivity index (χ1n) is 13.2. The quantitative estimate of drug-likeness (QED) is 0.639. The molecule has 1 aromatic carbocycles. The van der Waals surface area contributed by atoms with Crippen molar-refractivity contribution in [3.8, 4) is 5.75 Å². The van der Waals surface area contributed by atoms with Gasteiger partial charge in [0.2, 0.25) is 11.8 Å². The molecule has 2 saturated heterocycles. The van der Waals surface area contributed by atoms with Crippen molar-refractivity contribution in [3.05, 3.63) is 28.8 Å². The van der Waals surface area contributed by atoms with Gasteiger partial charge >= 0.3 is 0 Å². The molecular formula is C29H46N2O3. The highest BCUT2D eigenvalue weighted by molar-refractivity contribution is 5.80. The normalized spacial score (nSPS) is 18.9. The molecule has 2 heterocycles. The minimum atomic E-state index is -0.176. The molecule has 0 saturated carbocycles. The lowest BCUT2D eigenvalue weighted by molar-refractivity contribution is -0.141. The number of aromatic hydroxyl groups is 1. The number of carbonyl (C=O) groups excluding carboxylic acids is 2. The van der Waals surface area contributed by atoms with Crippen LogP contribution in [0.2, 0.25) is 0 Å². The Hall–Kier alpha value is -2.04. The molecule has 3 rings (SSSR count). The number of carbonyl (C=O) groups is 2. The zero-order chi connectivity index (χ0) is 25.3. The van der Waals surface area contributed by atoms with Crippen LogP contribution in [0, 0.1) is 11.8 Å². The van der Waals surface area contributed by atoms with Crippen LogP contribution in [-0.2, 0) is 26.8 Å². The van der Waals surface area contributed by atoms with Crippen molar-refractivity contribution < 1.29 is 14.7 Å². The number of piperidine rings is 2. The van der Waals surface area contributed by atoms with Crippen LogP contribution in [0.15, 0.2) is 12.1 Å². The first-order chi connectivity index (χ1) is 15.8. The third-order valence-corrected chi connectivity index (χ3v) is 7.71. The van der Waals surface area contributed by atoms with Crippen LogP contribution in [0.25, 0.3) is 0 Å². The fourth-order valence-electron chi connectivity index (χ4n) is 5.25. The van der Waals surface area contributed by atoms with Gasteiger partial charge in [0.15, 0.2) is 0 Å². The second kappa shape index (κ2) is 10.3. The average Bonchev–Trinajstić information content (AvgIpc) is 2.76. The molecule has 5 nitrogen and oxygen atoms in total. The first kappa shape index (κ1) is 26.6. The summed E-state index contributed by atoms with van der Waals surface area (Å²) in [5, 5.41) is 10.9. The summed E-state index contributed by atoms with van der Waals surface area (Å²) in [6.45, 7) is 18.1. The minimum Gasteiger partial charge on any atom is -0.507 e. The van der Waals surface area contributed by atoms with Crippen LogP contribution in [0.3, 0.4) is 0 Å². The van der Waals surface area contributed by atoms with Gasteiger partial charge in [-0.1, -0.05) is 60.6 Å². The molecule has 0 bridgehead atoms. The van der Waals surface area contributed by atoms with Gasteiger partial charge in [0.1, 0.15) is 5.75 Å². The third kappa shape index (κ3) is 6.34. The maximum Gasteiger partial charge on any atom is 0.225 e. The second-order valence-corrected chi connectivity index (χ2v) is 12.7. The number of hydrogen-bond donors (Lipinski definition) is 1. The highest BCUT2D eigenvalue weighted by atomic mass is 16.3. The van der Waals surface area contributed by atoms with Gasteiger partial charge in [0, 0.05) is 38.5 Å². The van der Waals surface area contributed by atoms with Crippen LogP contribution in [0.5, 0.6) is 5.75 Å². The van der Waals surface area contributed by atoms with Crippen LogP contribution >= 0.6 is 0 Å². The van der Waals surface area contributed by atoms with Gasteiger partial charge in [-0.25, -0.2) is 0 Å². The molecule has 1 aromatic rings. The van der Waals surface area contributed by atoms with E-state index in [1.54, 1.807) is 0 Å². The van der Waals surface area contributed by atoms with Crippen molar-refractivity contribution in [2.75, 3.05) is 26.2 Å². The molecule has 0 unspecified atom stereocenters. The van der Waals surface area contributed by atoms with Crippen LogP contribution < -0.4 is 0 Å². The number of benzene rings is 1. The van der Waals surface area contributed by atoms with E-state index in [-0.39, 0.29) is 22.7 Å². The van der Waals surface area contributed by atoms with Crippen LogP contribution in [0.4, 0.5) is 0 Å². The Kier molecular flexibility index (Phi) is 8.04. The molecular weight excluding hydrogens is 424 g/mol. The molecule has 0 aromatic heterocycles. The Bertz CT molecular complexity index is 843. The predicted molar refractivity (Wildman–Crippen MR) is 138 cm³/mol. The highest BCUT2D eigenvalue weighted by Gasteiger charge is 2.32. The van der Waals surface area contributed by atoms with Gasteiger partial charge in [-0.05, 0) is 65.5 Å². The minimum absolute atomic E-state index is 0.0678. The van der Waals surface area contributed by atoms with E-state index in [4.69, 9.17) is 0 Å². The zero-order valence-electron chi connectivity index (χ0n) is 22.5. The number of phenolic OH excluding ortho intramolecular Hbond substituents is 1. The van der Waals surface area contributed by atoms with Gasteiger partial charge in [0.05, 0.1) is 0 Å². The van der Waals surface area contributed by atoms with E-state index in [9.17, 15) is 14.7 Å². The molecule has 190 valence electrons. The number of aryl methyl sites for hydroxylation is 1. The van der Waals surface area contributed by atoms with Gasteiger partial charge in [0.25, 0.3) is 0 Å². The van der Waals surface area contributed by atoms with Crippen LogP contribution in [0.1, 0.15) is 97.3 Å². The lowest BCUT2D eigenvalue weighted by atomic mass is 9.78. The van der Waals surface area contributed by atoms with Crippen LogP contribution in [-0.4, -0.2) is 52.9 Å². The lowest BCUT2D eigenvalue weighted by Gasteiger charge is -2.36. The largest absolute Gasteiger partial charge is 0.507 e. The summed E-state index contributed by atoms with van der Waals surface area (Å²) in [7, 11) is 0. The van der Waals surface area contributed by atoms with Gasteiger partial charge in [-0.3, -0.25) is 9.59 Å². The van der Waals surface area contributed by atoms with Crippen molar-refractivity contribution >= 4 is 11.8 Å². The van der Waals surface area contributed by atoms with Crippen molar-refractivity contribution in [1.29, 1.82) is 0 Å². The number of hydrogen-bond acceptors (Lipinski definition) is 3. The van der Waals surface area contributed by atoms with E-state index in [0.29, 0.717) is 37.6 Å². The number of rotatable bonds is 4. The highest BCUT2D eigenvalue weighted by Crippen LogP contribution is 2.40. The molecule has 0 atom stereocenters. The summed E-state index contributed by atoms with van der Waals surface area (Å²) in [5.41, 5.74) is 2.63.